The van der Waals surface area contributed by atoms with E-state index in [1.807, 2.05) is 0 Å². The Morgan fingerprint density at radius 2 is 2.20 bits per heavy atom. The highest BCUT2D eigenvalue weighted by atomic mass is 32.2. The lowest BCUT2D eigenvalue weighted by Crippen LogP contribution is -2.38. The predicted octanol–water partition coefficient (Wildman–Crippen LogP) is 1.86. The topological polar surface area (TPSA) is 46.2 Å². The molecule has 0 aromatic carbocycles. The van der Waals surface area contributed by atoms with Crippen molar-refractivity contribution in [3.05, 3.63) is 11.5 Å². The van der Waals surface area contributed by atoms with Gasteiger partial charge in [0.2, 0.25) is 0 Å². The van der Waals surface area contributed by atoms with Gasteiger partial charge in [0.05, 0.1) is 5.75 Å². The molecule has 0 aliphatic carbocycles. The summed E-state index contributed by atoms with van der Waals surface area (Å²) in [5, 5.41) is 4.72. The molecular weight excluding hydrogens is 210 g/mol. The summed E-state index contributed by atoms with van der Waals surface area (Å²) in [6.07, 6.45) is 6.36. The number of rotatable bonds is 6. The van der Waals surface area contributed by atoms with Crippen molar-refractivity contribution in [1.29, 1.82) is 0 Å². The van der Waals surface area contributed by atoms with E-state index in [1.165, 1.54) is 18.2 Å². The molecule has 0 bridgehead atoms. The number of hydrogen-bond donors (Lipinski definition) is 1. The summed E-state index contributed by atoms with van der Waals surface area (Å²) in [5.74, 6) is 0.232. The molecule has 0 saturated carbocycles. The first-order valence-electron chi connectivity index (χ1n) is 5.74. The van der Waals surface area contributed by atoms with Crippen LogP contribution >= 0.6 is 0 Å². The first-order chi connectivity index (χ1) is 7.07. The molecule has 1 rings (SSSR count). The maximum atomic E-state index is 11.2. The molecule has 3 nitrogen and oxygen atoms in total. The van der Waals surface area contributed by atoms with Crippen LogP contribution in [-0.4, -0.2) is 26.3 Å². The highest BCUT2D eigenvalue weighted by Gasteiger charge is 2.22. The van der Waals surface area contributed by atoms with Crippen LogP contribution in [0.1, 0.15) is 39.5 Å². The van der Waals surface area contributed by atoms with Crippen molar-refractivity contribution in [2.75, 3.05) is 5.75 Å². The molecule has 0 aromatic heterocycles. The zero-order chi connectivity index (χ0) is 11.3. The Balaban J connectivity index is 2.37. The molecule has 1 aliphatic heterocycles. The number of nitrogens with one attached hydrogen (secondary N) is 1. The van der Waals surface area contributed by atoms with Gasteiger partial charge in [-0.1, -0.05) is 32.8 Å². The Kier molecular flexibility index (Phi) is 4.80. The van der Waals surface area contributed by atoms with Gasteiger partial charge in [-0.3, -0.25) is 0 Å². The number of hydrogen-bond acceptors (Lipinski definition) is 3. The van der Waals surface area contributed by atoms with Gasteiger partial charge in [0.1, 0.15) is 0 Å². The van der Waals surface area contributed by atoms with E-state index in [4.69, 9.17) is 0 Å². The smallest absolute Gasteiger partial charge is 0.173 e. The zero-order valence-electron chi connectivity index (χ0n) is 9.57. The summed E-state index contributed by atoms with van der Waals surface area (Å²) in [5.41, 5.74) is 0. The van der Waals surface area contributed by atoms with Crippen LogP contribution in [0.4, 0.5) is 0 Å². The van der Waals surface area contributed by atoms with Gasteiger partial charge in [-0.15, -0.1) is 0 Å². The number of sulfone groups is 1. The van der Waals surface area contributed by atoms with Crippen molar-refractivity contribution in [1.82, 2.24) is 5.32 Å². The van der Waals surface area contributed by atoms with Gasteiger partial charge in [-0.2, -0.15) is 0 Å². The zero-order valence-corrected chi connectivity index (χ0v) is 10.4. The summed E-state index contributed by atoms with van der Waals surface area (Å²) in [6, 6.07) is 0.477. The maximum Gasteiger partial charge on any atom is 0.173 e. The highest BCUT2D eigenvalue weighted by molar-refractivity contribution is 7.94. The van der Waals surface area contributed by atoms with Gasteiger partial charge in [-0.25, -0.2) is 8.42 Å². The third kappa shape index (κ3) is 4.34. The molecule has 0 fully saturated rings. The van der Waals surface area contributed by atoms with Gasteiger partial charge < -0.3 is 5.32 Å². The van der Waals surface area contributed by atoms with Gasteiger partial charge in [0.25, 0.3) is 0 Å². The maximum absolute atomic E-state index is 11.2. The molecule has 0 saturated heterocycles. The van der Waals surface area contributed by atoms with Crippen LogP contribution in [0, 0.1) is 0 Å². The monoisotopic (exact) mass is 231 g/mol. The van der Waals surface area contributed by atoms with E-state index < -0.39 is 9.84 Å². The fraction of sp³-hybridized carbons (Fsp3) is 0.818. The van der Waals surface area contributed by atoms with E-state index in [-0.39, 0.29) is 11.8 Å². The van der Waals surface area contributed by atoms with Gasteiger partial charge >= 0.3 is 0 Å². The van der Waals surface area contributed by atoms with Crippen molar-refractivity contribution in [2.45, 2.75) is 51.6 Å². The lowest BCUT2D eigenvalue weighted by atomic mass is 10.1. The van der Waals surface area contributed by atoms with E-state index in [0.717, 1.165) is 12.8 Å². The van der Waals surface area contributed by atoms with E-state index in [1.54, 1.807) is 6.08 Å². The third-order valence-electron chi connectivity index (χ3n) is 2.78. The van der Waals surface area contributed by atoms with Crippen LogP contribution in [0.25, 0.3) is 0 Å². The molecule has 4 heteroatoms. The van der Waals surface area contributed by atoms with Crippen molar-refractivity contribution in [2.24, 2.45) is 0 Å². The Morgan fingerprint density at radius 1 is 1.47 bits per heavy atom. The molecular formula is C11H21NO2S. The van der Waals surface area contributed by atoms with Gasteiger partial charge in [-0.05, 0) is 12.8 Å². The van der Waals surface area contributed by atoms with Gasteiger partial charge in [0, 0.05) is 17.5 Å². The van der Waals surface area contributed by atoms with Crippen molar-refractivity contribution in [3.8, 4) is 0 Å². The van der Waals surface area contributed by atoms with Gasteiger partial charge in [0.15, 0.2) is 9.84 Å². The lowest BCUT2D eigenvalue weighted by Gasteiger charge is -2.20. The minimum absolute atomic E-state index is 0.0248. The summed E-state index contributed by atoms with van der Waals surface area (Å²) in [4.78, 5) is 0. The first kappa shape index (κ1) is 12.7. The van der Waals surface area contributed by atoms with Crippen LogP contribution in [-0.2, 0) is 9.84 Å². The summed E-state index contributed by atoms with van der Waals surface area (Å²) in [6.45, 7) is 4.31. The lowest BCUT2D eigenvalue weighted by molar-refractivity contribution is 0.435. The molecule has 0 amide bonds. The fourth-order valence-corrected chi connectivity index (χ4v) is 3.09. The second kappa shape index (κ2) is 5.66. The fourth-order valence-electron chi connectivity index (χ4n) is 1.84. The molecule has 2 atom stereocenters. The predicted molar refractivity (Wildman–Crippen MR) is 63.5 cm³/mol. The van der Waals surface area contributed by atoms with Crippen molar-refractivity contribution < 1.29 is 8.42 Å². The minimum atomic E-state index is -2.91. The Morgan fingerprint density at radius 3 is 2.67 bits per heavy atom. The SMILES string of the molecule is CCCCC(CC)NC1C=CS(=O)(=O)C1. The molecule has 0 aromatic rings. The second-order valence-electron chi connectivity index (χ2n) is 4.18. The quantitative estimate of drug-likeness (QED) is 0.759. The van der Waals surface area contributed by atoms with E-state index in [2.05, 4.69) is 19.2 Å². The summed E-state index contributed by atoms with van der Waals surface area (Å²) >= 11 is 0. The molecule has 15 heavy (non-hydrogen) atoms. The van der Waals surface area contributed by atoms with Crippen LogP contribution in [0.2, 0.25) is 0 Å². The average Bonchev–Trinajstić information content (AvgIpc) is 2.52. The normalized spacial score (nSPS) is 25.6. The van der Waals surface area contributed by atoms with Crippen LogP contribution in [0.5, 0.6) is 0 Å². The van der Waals surface area contributed by atoms with Crippen LogP contribution in [0.15, 0.2) is 11.5 Å². The van der Waals surface area contributed by atoms with E-state index in [9.17, 15) is 8.42 Å². The third-order valence-corrected chi connectivity index (χ3v) is 4.17. The largest absolute Gasteiger partial charge is 0.307 e. The van der Waals surface area contributed by atoms with Crippen molar-refractivity contribution in [3.63, 3.8) is 0 Å². The molecule has 88 valence electrons. The van der Waals surface area contributed by atoms with E-state index in [0.29, 0.717) is 6.04 Å². The van der Waals surface area contributed by atoms with E-state index >= 15 is 0 Å². The Hall–Kier alpha value is -0.350. The molecule has 1 aliphatic rings. The highest BCUT2D eigenvalue weighted by Crippen LogP contribution is 2.11. The Bertz CT molecular complexity index is 309. The van der Waals surface area contributed by atoms with Crippen molar-refractivity contribution >= 4 is 9.84 Å². The minimum Gasteiger partial charge on any atom is -0.307 e. The summed E-state index contributed by atoms with van der Waals surface area (Å²) in [7, 11) is -2.91. The molecule has 2 unspecified atom stereocenters. The van der Waals surface area contributed by atoms with Crippen LogP contribution in [0.3, 0.4) is 0 Å². The number of unbranched alkanes of at least 4 members (excludes halogenated alkanes) is 1. The molecule has 1 N–H and O–H groups in total. The molecule has 0 radical (unpaired) electrons. The van der Waals surface area contributed by atoms with Crippen LogP contribution < -0.4 is 5.32 Å². The second-order valence-corrected chi connectivity index (χ2v) is 6.11. The summed E-state index contributed by atoms with van der Waals surface area (Å²) < 4.78 is 22.4. The Labute approximate surface area is 92.9 Å². The standard InChI is InChI=1S/C11H21NO2S/c1-3-5-6-10(4-2)12-11-7-8-15(13,14)9-11/h7-8,10-12H,3-6,9H2,1-2H3. The average molecular weight is 231 g/mol. The molecule has 0 spiro atoms. The first-order valence-corrected chi connectivity index (χ1v) is 7.46. The molecule has 1 heterocycles.